The van der Waals surface area contributed by atoms with Crippen LogP contribution in [0, 0.1) is 0 Å². The van der Waals surface area contributed by atoms with Crippen LogP contribution >= 0.6 is 0 Å². The summed E-state index contributed by atoms with van der Waals surface area (Å²) >= 11 is 0. The molecule has 1 aromatic rings. The molecule has 0 aromatic heterocycles. The number of ether oxygens (including phenoxy) is 1. The third kappa shape index (κ3) is 1.80. The van der Waals surface area contributed by atoms with Crippen molar-refractivity contribution in [2.45, 2.75) is 64.0 Å². The Morgan fingerprint density at radius 1 is 1.26 bits per heavy atom. The smallest absolute Gasteiger partial charge is 0.0883 e. The molecule has 0 bridgehead atoms. The van der Waals surface area contributed by atoms with E-state index in [0.29, 0.717) is 12.0 Å². The van der Waals surface area contributed by atoms with Gasteiger partial charge in [0.2, 0.25) is 0 Å². The molecule has 19 heavy (non-hydrogen) atoms. The molecule has 2 nitrogen and oxygen atoms in total. The first-order chi connectivity index (χ1) is 9.25. The maximum atomic E-state index is 6.22. The summed E-state index contributed by atoms with van der Waals surface area (Å²) in [6, 6.07) is 7.24. The Bertz CT molecular complexity index is 464. The quantitative estimate of drug-likeness (QED) is 0.882. The van der Waals surface area contributed by atoms with Crippen molar-refractivity contribution in [3.63, 3.8) is 0 Å². The standard InChI is InChI=1S/C17H25NO/c1-4-12-8-7-9-13-14-10-11-19-17(5-2,6-3)16(14)18-15(12)13/h7-9,14,16,18H,4-6,10-11H2,1-3H3. The summed E-state index contributed by atoms with van der Waals surface area (Å²) in [5.41, 5.74) is 4.40. The van der Waals surface area contributed by atoms with Crippen molar-refractivity contribution in [3.05, 3.63) is 29.3 Å². The highest BCUT2D eigenvalue weighted by molar-refractivity contribution is 5.65. The molecule has 1 N–H and O–H groups in total. The predicted molar refractivity (Wildman–Crippen MR) is 79.9 cm³/mol. The Hall–Kier alpha value is -1.02. The monoisotopic (exact) mass is 259 g/mol. The number of benzene rings is 1. The number of para-hydroxylation sites is 1. The Kier molecular flexibility index (Phi) is 3.30. The Morgan fingerprint density at radius 2 is 2.05 bits per heavy atom. The lowest BCUT2D eigenvalue weighted by molar-refractivity contribution is -0.0964. The predicted octanol–water partition coefficient (Wildman–Crippen LogP) is 4.11. The highest BCUT2D eigenvalue weighted by atomic mass is 16.5. The molecule has 2 heteroatoms. The van der Waals surface area contributed by atoms with E-state index >= 15 is 0 Å². The van der Waals surface area contributed by atoms with E-state index in [1.807, 2.05) is 0 Å². The molecule has 2 aliphatic rings. The number of hydrogen-bond donors (Lipinski definition) is 1. The number of hydrogen-bond acceptors (Lipinski definition) is 2. The molecule has 0 amide bonds. The fourth-order valence-corrected chi connectivity index (χ4v) is 4.03. The van der Waals surface area contributed by atoms with E-state index in [2.05, 4.69) is 44.3 Å². The van der Waals surface area contributed by atoms with Gasteiger partial charge in [-0.25, -0.2) is 0 Å². The minimum absolute atomic E-state index is 0.0208. The molecule has 1 aromatic carbocycles. The first-order valence-corrected chi connectivity index (χ1v) is 7.78. The van der Waals surface area contributed by atoms with E-state index in [4.69, 9.17) is 4.74 Å². The van der Waals surface area contributed by atoms with Gasteiger partial charge in [0.15, 0.2) is 0 Å². The first-order valence-electron chi connectivity index (χ1n) is 7.78. The van der Waals surface area contributed by atoms with Crippen molar-refractivity contribution in [2.24, 2.45) is 0 Å². The molecule has 0 spiro atoms. The van der Waals surface area contributed by atoms with Crippen LogP contribution in [0.5, 0.6) is 0 Å². The summed E-state index contributed by atoms with van der Waals surface area (Å²) in [4.78, 5) is 0. The highest BCUT2D eigenvalue weighted by Crippen LogP contribution is 2.49. The normalized spacial score (nSPS) is 27.5. The van der Waals surface area contributed by atoms with Crippen molar-refractivity contribution in [1.82, 2.24) is 0 Å². The van der Waals surface area contributed by atoms with Crippen LogP contribution in [-0.2, 0) is 11.2 Å². The zero-order valence-corrected chi connectivity index (χ0v) is 12.3. The van der Waals surface area contributed by atoms with Crippen LogP contribution in [-0.4, -0.2) is 18.2 Å². The minimum atomic E-state index is 0.0208. The zero-order chi connectivity index (χ0) is 13.5. The van der Waals surface area contributed by atoms with Gasteiger partial charge in [-0.3, -0.25) is 0 Å². The second kappa shape index (κ2) is 4.82. The molecule has 104 valence electrons. The van der Waals surface area contributed by atoms with Gasteiger partial charge in [-0.1, -0.05) is 39.0 Å². The zero-order valence-electron chi connectivity index (χ0n) is 12.3. The molecule has 2 heterocycles. The van der Waals surface area contributed by atoms with E-state index in [-0.39, 0.29) is 5.60 Å². The molecule has 2 atom stereocenters. The second-order valence-corrected chi connectivity index (χ2v) is 5.87. The Labute approximate surface area is 116 Å². The van der Waals surface area contributed by atoms with Crippen molar-refractivity contribution < 1.29 is 4.74 Å². The molecule has 1 fully saturated rings. The lowest BCUT2D eigenvalue weighted by Gasteiger charge is -2.44. The van der Waals surface area contributed by atoms with Gasteiger partial charge in [0, 0.05) is 18.2 Å². The number of aryl methyl sites for hydroxylation is 1. The summed E-state index contributed by atoms with van der Waals surface area (Å²) < 4.78 is 6.22. The van der Waals surface area contributed by atoms with Gasteiger partial charge in [0.05, 0.1) is 11.6 Å². The van der Waals surface area contributed by atoms with Gasteiger partial charge in [0.1, 0.15) is 0 Å². The summed E-state index contributed by atoms with van der Waals surface area (Å²) in [7, 11) is 0. The van der Waals surface area contributed by atoms with Crippen molar-refractivity contribution in [3.8, 4) is 0 Å². The Balaban J connectivity index is 2.03. The topological polar surface area (TPSA) is 21.3 Å². The molecule has 2 unspecified atom stereocenters. The number of fused-ring (bicyclic) bond motifs is 3. The van der Waals surface area contributed by atoms with Gasteiger partial charge in [0.25, 0.3) is 0 Å². The van der Waals surface area contributed by atoms with Gasteiger partial charge in [-0.15, -0.1) is 0 Å². The van der Waals surface area contributed by atoms with Gasteiger partial charge in [-0.2, -0.15) is 0 Å². The number of nitrogens with one attached hydrogen (secondary N) is 1. The Morgan fingerprint density at radius 3 is 2.74 bits per heavy atom. The summed E-state index contributed by atoms with van der Waals surface area (Å²) in [6.45, 7) is 7.66. The van der Waals surface area contributed by atoms with E-state index in [1.165, 1.54) is 16.8 Å². The van der Waals surface area contributed by atoms with Crippen LogP contribution in [0.2, 0.25) is 0 Å². The van der Waals surface area contributed by atoms with Crippen LogP contribution < -0.4 is 5.32 Å². The summed E-state index contributed by atoms with van der Waals surface area (Å²) in [5.74, 6) is 0.634. The third-order valence-corrected chi connectivity index (χ3v) is 5.25. The average Bonchev–Trinajstić information content (AvgIpc) is 2.86. The third-order valence-electron chi connectivity index (χ3n) is 5.25. The highest BCUT2D eigenvalue weighted by Gasteiger charge is 2.49. The van der Waals surface area contributed by atoms with Gasteiger partial charge < -0.3 is 10.1 Å². The lowest BCUT2D eigenvalue weighted by atomic mass is 9.76. The molecule has 2 aliphatic heterocycles. The average molecular weight is 259 g/mol. The van der Waals surface area contributed by atoms with E-state index in [1.54, 1.807) is 0 Å². The van der Waals surface area contributed by atoms with Crippen molar-refractivity contribution in [1.29, 1.82) is 0 Å². The second-order valence-electron chi connectivity index (χ2n) is 5.87. The molecule has 0 saturated carbocycles. The molecule has 1 saturated heterocycles. The van der Waals surface area contributed by atoms with Crippen LogP contribution in [0.1, 0.15) is 57.1 Å². The van der Waals surface area contributed by atoms with E-state index in [0.717, 1.165) is 32.3 Å². The van der Waals surface area contributed by atoms with Crippen molar-refractivity contribution >= 4 is 5.69 Å². The molecule has 0 aliphatic carbocycles. The van der Waals surface area contributed by atoms with Gasteiger partial charge >= 0.3 is 0 Å². The first kappa shape index (κ1) is 13.0. The van der Waals surface area contributed by atoms with Gasteiger partial charge in [-0.05, 0) is 36.8 Å². The van der Waals surface area contributed by atoms with Crippen LogP contribution in [0.25, 0.3) is 0 Å². The molecule has 3 rings (SSSR count). The number of anilines is 1. The SMILES string of the molecule is CCc1cccc2c1NC1C2CCOC1(CC)CC. The lowest BCUT2D eigenvalue weighted by Crippen LogP contribution is -2.52. The maximum Gasteiger partial charge on any atom is 0.0883 e. The molecular weight excluding hydrogens is 234 g/mol. The number of rotatable bonds is 3. The van der Waals surface area contributed by atoms with E-state index < -0.39 is 0 Å². The summed E-state index contributed by atoms with van der Waals surface area (Å²) in [5, 5.41) is 3.82. The fraction of sp³-hybridized carbons (Fsp3) is 0.647. The van der Waals surface area contributed by atoms with Crippen LogP contribution in [0.3, 0.4) is 0 Å². The van der Waals surface area contributed by atoms with Crippen LogP contribution in [0.4, 0.5) is 5.69 Å². The van der Waals surface area contributed by atoms with E-state index in [9.17, 15) is 0 Å². The van der Waals surface area contributed by atoms with Crippen molar-refractivity contribution in [2.75, 3.05) is 11.9 Å². The largest absolute Gasteiger partial charge is 0.378 e. The minimum Gasteiger partial charge on any atom is -0.378 e. The fourth-order valence-electron chi connectivity index (χ4n) is 4.03. The molecule has 0 radical (unpaired) electrons. The van der Waals surface area contributed by atoms with Crippen LogP contribution in [0.15, 0.2) is 18.2 Å². The summed E-state index contributed by atoms with van der Waals surface area (Å²) in [6.07, 6.45) is 4.43. The maximum absolute atomic E-state index is 6.22. The molecular formula is C17H25NO.